The predicted octanol–water partition coefficient (Wildman–Crippen LogP) is 4.47. The number of oxazole rings is 1. The molecule has 0 saturated heterocycles. The molecule has 3 heterocycles. The van der Waals surface area contributed by atoms with E-state index in [1.807, 2.05) is 32.0 Å². The van der Waals surface area contributed by atoms with Gasteiger partial charge >= 0.3 is 0 Å². The molecule has 9 heteroatoms. The Morgan fingerprint density at radius 2 is 2.00 bits per heavy atom. The van der Waals surface area contributed by atoms with Crippen LogP contribution in [0.4, 0.5) is 20.3 Å². The van der Waals surface area contributed by atoms with Gasteiger partial charge in [0.15, 0.2) is 5.82 Å². The summed E-state index contributed by atoms with van der Waals surface area (Å²) in [6.07, 6.45) is 3.75. The second-order valence-electron chi connectivity index (χ2n) is 7.49. The number of pyridine rings is 1. The molecule has 0 aromatic carbocycles. The maximum Gasteiger partial charge on any atom is 0.248 e. The molecule has 3 aromatic rings. The number of halogens is 2. The van der Waals surface area contributed by atoms with Crippen molar-refractivity contribution in [3.05, 3.63) is 47.9 Å². The lowest BCUT2D eigenvalue weighted by molar-refractivity contribution is -0.0361. The van der Waals surface area contributed by atoms with Gasteiger partial charge in [0.1, 0.15) is 12.1 Å². The van der Waals surface area contributed by atoms with Gasteiger partial charge in [-0.05, 0) is 32.8 Å². The first-order valence-electron chi connectivity index (χ1n) is 9.70. The fraction of sp³-hybridized carbons (Fsp3) is 0.450. The Kier molecular flexibility index (Phi) is 5.21. The number of hydrogen-bond donors (Lipinski definition) is 2. The summed E-state index contributed by atoms with van der Waals surface area (Å²) in [4.78, 5) is 8.79. The van der Waals surface area contributed by atoms with Crippen molar-refractivity contribution in [2.45, 2.75) is 58.0 Å². The van der Waals surface area contributed by atoms with Gasteiger partial charge in [-0.1, -0.05) is 0 Å². The van der Waals surface area contributed by atoms with Crippen molar-refractivity contribution < 1.29 is 13.2 Å². The number of hydrogen-bond acceptors (Lipinski definition) is 6. The van der Waals surface area contributed by atoms with Crippen LogP contribution >= 0.6 is 0 Å². The number of aryl methyl sites for hydroxylation is 2. The maximum atomic E-state index is 13.5. The monoisotopic (exact) mass is 402 g/mol. The molecule has 0 bridgehead atoms. The minimum atomic E-state index is -2.56. The topological polar surface area (TPSA) is 80.8 Å². The lowest BCUT2D eigenvalue weighted by atomic mass is 9.92. The third-order valence-corrected chi connectivity index (χ3v) is 5.03. The van der Waals surface area contributed by atoms with Crippen LogP contribution in [-0.4, -0.2) is 31.7 Å². The minimum absolute atomic E-state index is 0.0302. The van der Waals surface area contributed by atoms with Gasteiger partial charge in [0.25, 0.3) is 0 Å². The second kappa shape index (κ2) is 7.81. The van der Waals surface area contributed by atoms with E-state index in [-0.39, 0.29) is 18.9 Å². The highest BCUT2D eigenvalue weighted by molar-refractivity contribution is 5.57. The van der Waals surface area contributed by atoms with Gasteiger partial charge in [0, 0.05) is 42.4 Å². The summed E-state index contributed by atoms with van der Waals surface area (Å²) < 4.78 is 34.0. The largest absolute Gasteiger partial charge is 0.447 e. The molecule has 1 fully saturated rings. The minimum Gasteiger partial charge on any atom is -0.447 e. The van der Waals surface area contributed by atoms with Crippen LogP contribution in [0.5, 0.6) is 0 Å². The van der Waals surface area contributed by atoms with Crippen molar-refractivity contribution in [3.63, 3.8) is 0 Å². The summed E-state index contributed by atoms with van der Waals surface area (Å²) in [6, 6.07) is 5.70. The lowest BCUT2D eigenvalue weighted by Crippen LogP contribution is -2.32. The van der Waals surface area contributed by atoms with Crippen molar-refractivity contribution in [2.75, 3.05) is 10.6 Å². The molecule has 2 N–H and O–H groups in total. The van der Waals surface area contributed by atoms with E-state index in [0.29, 0.717) is 36.9 Å². The van der Waals surface area contributed by atoms with Gasteiger partial charge in [-0.3, -0.25) is 0 Å². The van der Waals surface area contributed by atoms with E-state index in [9.17, 15) is 8.78 Å². The Bertz CT molecular complexity index is 960. The molecule has 4 rings (SSSR count). The van der Waals surface area contributed by atoms with Crippen LogP contribution in [0.25, 0.3) is 5.82 Å². The summed E-state index contributed by atoms with van der Waals surface area (Å²) in [6.45, 7) is 4.31. The molecule has 0 atom stereocenters. The zero-order valence-corrected chi connectivity index (χ0v) is 16.5. The van der Waals surface area contributed by atoms with E-state index in [1.165, 1.54) is 6.26 Å². The van der Waals surface area contributed by atoms with E-state index in [4.69, 9.17) is 4.42 Å². The molecule has 0 spiro atoms. The Morgan fingerprint density at radius 1 is 1.21 bits per heavy atom. The van der Waals surface area contributed by atoms with Crippen molar-refractivity contribution in [1.82, 2.24) is 19.7 Å². The van der Waals surface area contributed by atoms with Crippen LogP contribution in [0.2, 0.25) is 0 Å². The first-order chi connectivity index (χ1) is 13.9. The molecule has 154 valence electrons. The van der Waals surface area contributed by atoms with E-state index in [0.717, 1.165) is 17.1 Å². The maximum absolute atomic E-state index is 13.5. The summed E-state index contributed by atoms with van der Waals surface area (Å²) in [5.74, 6) is -0.713. The number of anilines is 2. The average molecular weight is 402 g/mol. The Morgan fingerprint density at radius 3 is 2.66 bits per heavy atom. The molecule has 7 nitrogen and oxygen atoms in total. The fourth-order valence-corrected chi connectivity index (χ4v) is 3.57. The van der Waals surface area contributed by atoms with Crippen molar-refractivity contribution in [1.29, 1.82) is 0 Å². The average Bonchev–Trinajstić information content (AvgIpc) is 3.31. The number of aromatic nitrogens is 4. The normalized spacial score (nSPS) is 16.7. The first-order valence-corrected chi connectivity index (χ1v) is 9.70. The standard InChI is InChI=1S/C20H24F2N6O/c1-13-9-14(2)28(27-13)18-11-16(24-12-19-23-7-8-29-19)10-17(26-18)25-15-3-5-20(21,22)6-4-15/h7-11,15H,3-6,12H2,1-2H3,(H2,24,25,26). The molecule has 1 saturated carbocycles. The summed E-state index contributed by atoms with van der Waals surface area (Å²) in [5.41, 5.74) is 2.67. The van der Waals surface area contributed by atoms with Crippen LogP contribution in [-0.2, 0) is 6.54 Å². The van der Waals surface area contributed by atoms with Crippen LogP contribution < -0.4 is 10.6 Å². The number of nitrogens with one attached hydrogen (secondary N) is 2. The van der Waals surface area contributed by atoms with Crippen molar-refractivity contribution in [3.8, 4) is 5.82 Å². The quantitative estimate of drug-likeness (QED) is 0.633. The number of alkyl halides is 2. The summed E-state index contributed by atoms with van der Waals surface area (Å²) >= 11 is 0. The third kappa shape index (κ3) is 4.72. The zero-order chi connectivity index (χ0) is 20.4. The molecule has 3 aromatic heterocycles. The lowest BCUT2D eigenvalue weighted by Gasteiger charge is -2.29. The van der Waals surface area contributed by atoms with Crippen LogP contribution in [0.15, 0.2) is 35.1 Å². The van der Waals surface area contributed by atoms with E-state index < -0.39 is 5.92 Å². The molecular formula is C20H24F2N6O. The van der Waals surface area contributed by atoms with Gasteiger partial charge in [0.2, 0.25) is 11.8 Å². The second-order valence-corrected chi connectivity index (χ2v) is 7.49. The van der Waals surface area contributed by atoms with Crippen molar-refractivity contribution in [2.24, 2.45) is 0 Å². The van der Waals surface area contributed by atoms with E-state index in [1.54, 1.807) is 10.9 Å². The predicted molar refractivity (Wildman–Crippen MR) is 105 cm³/mol. The van der Waals surface area contributed by atoms with E-state index >= 15 is 0 Å². The number of rotatable bonds is 6. The molecular weight excluding hydrogens is 378 g/mol. The Labute approximate surface area is 167 Å². The van der Waals surface area contributed by atoms with Gasteiger partial charge in [0.05, 0.1) is 18.4 Å². The van der Waals surface area contributed by atoms with Gasteiger partial charge in [-0.2, -0.15) is 5.10 Å². The van der Waals surface area contributed by atoms with Crippen molar-refractivity contribution >= 4 is 11.5 Å². The smallest absolute Gasteiger partial charge is 0.248 e. The molecule has 0 radical (unpaired) electrons. The molecule has 0 aliphatic heterocycles. The highest BCUT2D eigenvalue weighted by atomic mass is 19.3. The Balaban J connectivity index is 1.58. The highest BCUT2D eigenvalue weighted by Gasteiger charge is 2.35. The van der Waals surface area contributed by atoms with Crippen LogP contribution in [0.1, 0.15) is 43.0 Å². The van der Waals surface area contributed by atoms with Crippen LogP contribution in [0, 0.1) is 13.8 Å². The highest BCUT2D eigenvalue weighted by Crippen LogP contribution is 2.34. The third-order valence-electron chi connectivity index (χ3n) is 5.03. The van der Waals surface area contributed by atoms with Crippen LogP contribution in [0.3, 0.4) is 0 Å². The Hall–Kier alpha value is -2.97. The summed E-state index contributed by atoms with van der Waals surface area (Å²) in [5, 5.41) is 11.1. The number of nitrogens with zero attached hydrogens (tertiary/aromatic N) is 4. The SMILES string of the molecule is Cc1cc(C)n(-c2cc(NCc3ncco3)cc(NC3CCC(F)(F)CC3)n2)n1. The molecule has 1 aliphatic rings. The van der Waals surface area contributed by atoms with Gasteiger partial charge in [-0.25, -0.2) is 23.4 Å². The van der Waals surface area contributed by atoms with Gasteiger partial charge in [-0.15, -0.1) is 0 Å². The molecule has 0 amide bonds. The molecule has 0 unspecified atom stereocenters. The molecule has 1 aliphatic carbocycles. The summed E-state index contributed by atoms with van der Waals surface area (Å²) in [7, 11) is 0. The van der Waals surface area contributed by atoms with E-state index in [2.05, 4.69) is 25.7 Å². The van der Waals surface area contributed by atoms with Gasteiger partial charge < -0.3 is 15.1 Å². The molecule has 29 heavy (non-hydrogen) atoms. The first kappa shape index (κ1) is 19.4. The zero-order valence-electron chi connectivity index (χ0n) is 16.5. The fourth-order valence-electron chi connectivity index (χ4n) is 3.57.